The van der Waals surface area contributed by atoms with E-state index >= 15 is 0 Å². The minimum atomic E-state index is -0.390. The van der Waals surface area contributed by atoms with Crippen LogP contribution < -0.4 is 15.4 Å². The molecular formula is C16H19N5O2. The summed E-state index contributed by atoms with van der Waals surface area (Å²) in [6.07, 6.45) is 4.53. The molecule has 120 valence electrons. The van der Waals surface area contributed by atoms with Crippen LogP contribution in [0.2, 0.25) is 0 Å². The van der Waals surface area contributed by atoms with Gasteiger partial charge in [0.05, 0.1) is 13.7 Å². The number of anilines is 1. The zero-order valence-electron chi connectivity index (χ0n) is 13.2. The van der Waals surface area contributed by atoms with Gasteiger partial charge in [0.2, 0.25) is 5.91 Å². The van der Waals surface area contributed by atoms with E-state index in [-0.39, 0.29) is 12.5 Å². The molecule has 0 radical (unpaired) electrons. The Balaban J connectivity index is 2.06. The van der Waals surface area contributed by atoms with Gasteiger partial charge in [-0.1, -0.05) is 0 Å². The number of hydrogen-bond donors (Lipinski definition) is 1. The first-order chi connectivity index (χ1) is 11.1. The fraction of sp³-hybridized carbons (Fsp3) is 0.375. The molecule has 2 aromatic rings. The zero-order chi connectivity index (χ0) is 16.4. The molecule has 1 aliphatic rings. The monoisotopic (exact) mass is 313 g/mol. The van der Waals surface area contributed by atoms with Crippen molar-refractivity contribution in [3.8, 4) is 17.3 Å². The molecule has 7 heteroatoms. The van der Waals surface area contributed by atoms with E-state index in [1.807, 2.05) is 7.05 Å². The van der Waals surface area contributed by atoms with Gasteiger partial charge in [-0.25, -0.2) is 9.97 Å². The third kappa shape index (κ3) is 3.08. The standard InChI is InChI=1S/C16H19N5O2/c1-21(9-14(17)22)16-11-4-3-5-12(11)19-15(20-16)13-8-10(23-2)6-7-18-13/h6-8H,3-5,9H2,1-2H3,(H2,17,22). The van der Waals surface area contributed by atoms with Gasteiger partial charge in [-0.2, -0.15) is 0 Å². The minimum absolute atomic E-state index is 0.119. The Labute approximate surface area is 134 Å². The molecule has 1 amide bonds. The van der Waals surface area contributed by atoms with Crippen molar-refractivity contribution in [2.24, 2.45) is 5.73 Å². The minimum Gasteiger partial charge on any atom is -0.497 e. The lowest BCUT2D eigenvalue weighted by Crippen LogP contribution is -2.32. The highest BCUT2D eigenvalue weighted by Gasteiger charge is 2.23. The number of carbonyl (C=O) groups excluding carboxylic acids is 1. The van der Waals surface area contributed by atoms with E-state index in [0.717, 1.165) is 36.3 Å². The van der Waals surface area contributed by atoms with Gasteiger partial charge in [0, 0.05) is 30.6 Å². The van der Waals surface area contributed by atoms with Gasteiger partial charge in [0.1, 0.15) is 17.3 Å². The molecule has 0 saturated heterocycles. The van der Waals surface area contributed by atoms with Gasteiger partial charge >= 0.3 is 0 Å². The van der Waals surface area contributed by atoms with E-state index in [4.69, 9.17) is 10.5 Å². The van der Waals surface area contributed by atoms with Gasteiger partial charge in [0.25, 0.3) is 0 Å². The topological polar surface area (TPSA) is 94.2 Å². The first-order valence-electron chi connectivity index (χ1n) is 7.48. The molecule has 0 fully saturated rings. The number of primary amides is 1. The summed E-state index contributed by atoms with van der Waals surface area (Å²) in [6.45, 7) is 0.119. The molecule has 0 aliphatic heterocycles. The molecule has 2 heterocycles. The number of amides is 1. The maximum Gasteiger partial charge on any atom is 0.236 e. The Bertz CT molecular complexity index is 747. The van der Waals surface area contributed by atoms with Gasteiger partial charge in [0.15, 0.2) is 5.82 Å². The van der Waals surface area contributed by atoms with Crippen LogP contribution in [0.15, 0.2) is 18.3 Å². The van der Waals surface area contributed by atoms with Crippen LogP contribution in [-0.2, 0) is 17.6 Å². The SMILES string of the molecule is COc1ccnc(-c2nc3c(c(N(C)CC(N)=O)n2)CCC3)c1. The largest absolute Gasteiger partial charge is 0.497 e. The van der Waals surface area contributed by atoms with Crippen molar-refractivity contribution in [1.29, 1.82) is 0 Å². The molecule has 2 aromatic heterocycles. The highest BCUT2D eigenvalue weighted by atomic mass is 16.5. The fourth-order valence-electron chi connectivity index (χ4n) is 2.81. The number of ether oxygens (including phenoxy) is 1. The number of hydrogen-bond acceptors (Lipinski definition) is 6. The van der Waals surface area contributed by atoms with Crippen LogP contribution in [0, 0.1) is 0 Å². The van der Waals surface area contributed by atoms with Crippen LogP contribution in [0.25, 0.3) is 11.5 Å². The number of nitrogens with zero attached hydrogens (tertiary/aromatic N) is 4. The maximum atomic E-state index is 11.2. The lowest BCUT2D eigenvalue weighted by Gasteiger charge is -2.20. The maximum absolute atomic E-state index is 11.2. The summed E-state index contributed by atoms with van der Waals surface area (Å²) < 4.78 is 5.23. The summed E-state index contributed by atoms with van der Waals surface area (Å²) in [4.78, 5) is 26.6. The van der Waals surface area contributed by atoms with E-state index in [1.54, 1.807) is 30.3 Å². The second kappa shape index (κ2) is 6.20. The summed E-state index contributed by atoms with van der Waals surface area (Å²) in [6, 6.07) is 3.57. The first kappa shape index (κ1) is 15.2. The Morgan fingerprint density at radius 2 is 2.22 bits per heavy atom. The first-order valence-corrected chi connectivity index (χ1v) is 7.48. The highest BCUT2D eigenvalue weighted by molar-refractivity contribution is 5.79. The summed E-state index contributed by atoms with van der Waals surface area (Å²) >= 11 is 0. The number of pyridine rings is 1. The zero-order valence-corrected chi connectivity index (χ0v) is 13.2. The number of rotatable bonds is 5. The van der Waals surface area contributed by atoms with Crippen LogP contribution in [0.1, 0.15) is 17.7 Å². The molecule has 3 rings (SSSR count). The van der Waals surface area contributed by atoms with Crippen molar-refractivity contribution in [2.45, 2.75) is 19.3 Å². The van der Waals surface area contributed by atoms with Crippen LogP contribution in [0.5, 0.6) is 5.75 Å². The molecule has 0 atom stereocenters. The number of fused-ring (bicyclic) bond motifs is 1. The number of carbonyl (C=O) groups is 1. The van der Waals surface area contributed by atoms with E-state index in [2.05, 4.69) is 15.0 Å². The quantitative estimate of drug-likeness (QED) is 0.883. The van der Waals surface area contributed by atoms with Crippen LogP contribution in [0.4, 0.5) is 5.82 Å². The van der Waals surface area contributed by atoms with Crippen LogP contribution in [-0.4, -0.2) is 41.6 Å². The third-order valence-corrected chi connectivity index (χ3v) is 3.86. The molecule has 23 heavy (non-hydrogen) atoms. The molecule has 0 saturated carbocycles. The Kier molecular flexibility index (Phi) is 4.10. The number of nitrogens with two attached hydrogens (primary N) is 1. The predicted molar refractivity (Wildman–Crippen MR) is 86.3 cm³/mol. The molecule has 0 unspecified atom stereocenters. The highest BCUT2D eigenvalue weighted by Crippen LogP contribution is 2.31. The molecule has 1 aliphatic carbocycles. The summed E-state index contributed by atoms with van der Waals surface area (Å²) in [5.74, 6) is 1.60. The number of likely N-dealkylation sites (N-methyl/N-ethyl adjacent to an activating group) is 1. The lowest BCUT2D eigenvalue weighted by molar-refractivity contribution is -0.116. The fourth-order valence-corrected chi connectivity index (χ4v) is 2.81. The normalized spacial score (nSPS) is 12.8. The van der Waals surface area contributed by atoms with E-state index < -0.39 is 0 Å². The Morgan fingerprint density at radius 1 is 1.39 bits per heavy atom. The van der Waals surface area contributed by atoms with Gasteiger partial charge in [-0.3, -0.25) is 9.78 Å². The van der Waals surface area contributed by atoms with Crippen molar-refractivity contribution in [1.82, 2.24) is 15.0 Å². The van der Waals surface area contributed by atoms with Crippen LogP contribution >= 0.6 is 0 Å². The number of methoxy groups -OCH3 is 1. The van der Waals surface area contributed by atoms with Crippen molar-refractivity contribution >= 4 is 11.7 Å². The van der Waals surface area contributed by atoms with Crippen molar-refractivity contribution in [2.75, 3.05) is 25.6 Å². The van der Waals surface area contributed by atoms with Gasteiger partial charge in [-0.05, 0) is 25.3 Å². The lowest BCUT2D eigenvalue weighted by atomic mass is 10.2. The van der Waals surface area contributed by atoms with Gasteiger partial charge in [-0.15, -0.1) is 0 Å². The van der Waals surface area contributed by atoms with Crippen molar-refractivity contribution in [3.63, 3.8) is 0 Å². The predicted octanol–water partition coefficient (Wildman–Crippen LogP) is 0.957. The van der Waals surface area contributed by atoms with E-state index in [9.17, 15) is 4.79 Å². The van der Waals surface area contributed by atoms with Crippen LogP contribution in [0.3, 0.4) is 0 Å². The molecular weight excluding hydrogens is 294 g/mol. The average Bonchev–Trinajstić information content (AvgIpc) is 3.01. The molecule has 0 bridgehead atoms. The molecule has 7 nitrogen and oxygen atoms in total. The summed E-state index contributed by atoms with van der Waals surface area (Å²) in [5.41, 5.74) is 8.07. The second-order valence-corrected chi connectivity index (χ2v) is 5.55. The summed E-state index contributed by atoms with van der Waals surface area (Å²) in [5, 5.41) is 0. The van der Waals surface area contributed by atoms with Crippen molar-refractivity contribution < 1.29 is 9.53 Å². The molecule has 2 N–H and O–H groups in total. The van der Waals surface area contributed by atoms with Gasteiger partial charge < -0.3 is 15.4 Å². The van der Waals surface area contributed by atoms with E-state index in [1.165, 1.54) is 0 Å². The second-order valence-electron chi connectivity index (χ2n) is 5.55. The third-order valence-electron chi connectivity index (χ3n) is 3.86. The van der Waals surface area contributed by atoms with Crippen molar-refractivity contribution in [3.05, 3.63) is 29.6 Å². The number of aryl methyl sites for hydroxylation is 1. The summed E-state index contributed by atoms with van der Waals surface area (Å²) in [7, 11) is 3.42. The Hall–Kier alpha value is -2.70. The molecule has 0 spiro atoms. The Morgan fingerprint density at radius 3 is 2.96 bits per heavy atom. The smallest absolute Gasteiger partial charge is 0.236 e. The molecule has 0 aromatic carbocycles. The van der Waals surface area contributed by atoms with E-state index in [0.29, 0.717) is 17.3 Å². The number of aromatic nitrogens is 3. The average molecular weight is 313 g/mol.